The Bertz CT molecular complexity index is 404. The topological polar surface area (TPSA) is 29.3 Å². The third-order valence-electron chi connectivity index (χ3n) is 3.77. The highest BCUT2D eigenvalue weighted by molar-refractivity contribution is 6.30. The molecule has 0 amide bonds. The quantitative estimate of drug-likeness (QED) is 0.757. The van der Waals surface area contributed by atoms with Gasteiger partial charge in [0.1, 0.15) is 0 Å². The first-order valence-electron chi connectivity index (χ1n) is 7.80. The number of hydrogen-bond acceptors (Lipinski definition) is 2. The number of rotatable bonds is 8. The first-order chi connectivity index (χ1) is 9.49. The van der Waals surface area contributed by atoms with Crippen LogP contribution in [0.1, 0.15) is 52.5 Å². The molecule has 1 aromatic rings. The van der Waals surface area contributed by atoms with Crippen LogP contribution in [0.5, 0.6) is 0 Å². The summed E-state index contributed by atoms with van der Waals surface area (Å²) in [5.74, 6) is 0. The van der Waals surface area contributed by atoms with Crippen molar-refractivity contribution in [2.45, 2.75) is 65.5 Å². The normalized spacial score (nSPS) is 14.1. The van der Waals surface area contributed by atoms with Crippen molar-refractivity contribution in [3.8, 4) is 0 Å². The fourth-order valence-electron chi connectivity index (χ4n) is 2.47. The Kier molecular flexibility index (Phi) is 7.39. The lowest BCUT2D eigenvalue weighted by Crippen LogP contribution is -2.34. The van der Waals surface area contributed by atoms with E-state index in [1.807, 2.05) is 13.0 Å². The number of anilines is 1. The van der Waals surface area contributed by atoms with Gasteiger partial charge in [0.05, 0.1) is 0 Å². The van der Waals surface area contributed by atoms with E-state index in [0.29, 0.717) is 6.04 Å². The Balaban J connectivity index is 3.09. The zero-order valence-electron chi connectivity index (χ0n) is 13.3. The van der Waals surface area contributed by atoms with Crippen LogP contribution in [0.3, 0.4) is 0 Å². The highest BCUT2D eigenvalue weighted by Crippen LogP contribution is 2.28. The molecular weight excluding hydrogens is 268 g/mol. The molecule has 0 aliphatic heterocycles. The third kappa shape index (κ3) is 4.99. The Morgan fingerprint density at radius 2 is 1.95 bits per heavy atom. The van der Waals surface area contributed by atoms with Gasteiger partial charge < -0.3 is 10.6 Å². The summed E-state index contributed by atoms with van der Waals surface area (Å²) in [5, 5.41) is 0.795. The average Bonchev–Trinajstić information content (AvgIpc) is 2.40. The van der Waals surface area contributed by atoms with Gasteiger partial charge >= 0.3 is 0 Å². The van der Waals surface area contributed by atoms with Crippen LogP contribution in [0.4, 0.5) is 5.69 Å². The summed E-state index contributed by atoms with van der Waals surface area (Å²) in [6.07, 6.45) is 4.44. The molecule has 0 saturated carbocycles. The molecule has 0 aliphatic rings. The minimum Gasteiger partial charge on any atom is -0.369 e. The van der Waals surface area contributed by atoms with Gasteiger partial charge in [-0.05, 0) is 56.9 Å². The van der Waals surface area contributed by atoms with Crippen molar-refractivity contribution in [2.24, 2.45) is 5.73 Å². The smallest absolute Gasteiger partial charge is 0.0410 e. The number of nitrogens with two attached hydrogens (primary N) is 1. The molecule has 2 N–H and O–H groups in total. The first kappa shape index (κ1) is 17.3. The van der Waals surface area contributed by atoms with Crippen molar-refractivity contribution < 1.29 is 0 Å². The molecule has 2 nitrogen and oxygen atoms in total. The number of benzene rings is 1. The molecule has 2 atom stereocenters. The summed E-state index contributed by atoms with van der Waals surface area (Å²) >= 11 is 6.16. The zero-order valence-corrected chi connectivity index (χ0v) is 14.1. The van der Waals surface area contributed by atoms with Gasteiger partial charge in [-0.25, -0.2) is 0 Å². The van der Waals surface area contributed by atoms with Gasteiger partial charge in [0.2, 0.25) is 0 Å². The molecule has 0 bridgehead atoms. The number of halogens is 1. The van der Waals surface area contributed by atoms with Crippen molar-refractivity contribution in [2.75, 3.05) is 11.4 Å². The lowest BCUT2D eigenvalue weighted by Gasteiger charge is -2.33. The van der Waals surface area contributed by atoms with E-state index in [4.69, 9.17) is 17.3 Å². The van der Waals surface area contributed by atoms with Gasteiger partial charge in [0.15, 0.2) is 0 Å². The fraction of sp³-hybridized carbons (Fsp3) is 0.647. The molecular formula is C17H29ClN2. The Morgan fingerprint density at radius 1 is 1.25 bits per heavy atom. The maximum Gasteiger partial charge on any atom is 0.0410 e. The van der Waals surface area contributed by atoms with Gasteiger partial charge in [-0.3, -0.25) is 0 Å². The van der Waals surface area contributed by atoms with Gasteiger partial charge in [-0.1, -0.05) is 31.9 Å². The van der Waals surface area contributed by atoms with Crippen molar-refractivity contribution in [1.29, 1.82) is 0 Å². The highest BCUT2D eigenvalue weighted by atomic mass is 35.5. The molecule has 2 unspecified atom stereocenters. The van der Waals surface area contributed by atoms with Gasteiger partial charge in [0.25, 0.3) is 0 Å². The van der Waals surface area contributed by atoms with Gasteiger partial charge in [0, 0.05) is 29.3 Å². The van der Waals surface area contributed by atoms with Gasteiger partial charge in [-0.15, -0.1) is 0 Å². The maximum absolute atomic E-state index is 6.16. The summed E-state index contributed by atoms with van der Waals surface area (Å²) in [6, 6.07) is 6.90. The third-order valence-corrected chi connectivity index (χ3v) is 4.00. The summed E-state index contributed by atoms with van der Waals surface area (Å²) in [6.45, 7) is 9.91. The molecule has 0 radical (unpaired) electrons. The Labute approximate surface area is 129 Å². The summed E-state index contributed by atoms with van der Waals surface area (Å²) in [5.41, 5.74) is 8.56. The van der Waals surface area contributed by atoms with Crippen LogP contribution in [-0.4, -0.2) is 18.6 Å². The second-order valence-electron chi connectivity index (χ2n) is 5.76. The SMILES string of the molecule is CCCCN(c1ccc(Cl)cc1CC(C)N)C(C)CC. The Morgan fingerprint density at radius 3 is 2.50 bits per heavy atom. The second-order valence-corrected chi connectivity index (χ2v) is 6.20. The molecule has 114 valence electrons. The van der Waals surface area contributed by atoms with Crippen LogP contribution in [0.15, 0.2) is 18.2 Å². The largest absolute Gasteiger partial charge is 0.369 e. The number of nitrogens with zero attached hydrogens (tertiary/aromatic N) is 1. The van der Waals surface area contributed by atoms with E-state index >= 15 is 0 Å². The minimum atomic E-state index is 0.150. The first-order valence-corrected chi connectivity index (χ1v) is 8.18. The predicted molar refractivity (Wildman–Crippen MR) is 90.8 cm³/mol. The molecule has 3 heteroatoms. The van der Waals surface area contributed by atoms with Crippen LogP contribution < -0.4 is 10.6 Å². The van der Waals surface area contributed by atoms with Crippen molar-refractivity contribution >= 4 is 17.3 Å². The van der Waals surface area contributed by atoms with Crippen molar-refractivity contribution in [3.05, 3.63) is 28.8 Å². The lowest BCUT2D eigenvalue weighted by atomic mass is 10.0. The maximum atomic E-state index is 6.16. The molecule has 1 aromatic carbocycles. The van der Waals surface area contributed by atoms with Crippen LogP contribution in [0, 0.1) is 0 Å². The van der Waals surface area contributed by atoms with E-state index in [0.717, 1.165) is 24.4 Å². The van der Waals surface area contributed by atoms with E-state index in [1.54, 1.807) is 0 Å². The van der Waals surface area contributed by atoms with Crippen molar-refractivity contribution in [1.82, 2.24) is 0 Å². The van der Waals surface area contributed by atoms with E-state index < -0.39 is 0 Å². The summed E-state index contributed by atoms with van der Waals surface area (Å²) in [4.78, 5) is 2.51. The molecule has 1 rings (SSSR count). The van der Waals surface area contributed by atoms with E-state index in [-0.39, 0.29) is 6.04 Å². The summed E-state index contributed by atoms with van der Waals surface area (Å²) < 4.78 is 0. The number of unbranched alkanes of at least 4 members (excludes halogenated alkanes) is 1. The van der Waals surface area contributed by atoms with Crippen LogP contribution >= 0.6 is 11.6 Å². The van der Waals surface area contributed by atoms with E-state index in [2.05, 4.69) is 37.8 Å². The van der Waals surface area contributed by atoms with E-state index in [9.17, 15) is 0 Å². The monoisotopic (exact) mass is 296 g/mol. The minimum absolute atomic E-state index is 0.150. The van der Waals surface area contributed by atoms with Crippen LogP contribution in [-0.2, 0) is 6.42 Å². The average molecular weight is 297 g/mol. The fourth-order valence-corrected chi connectivity index (χ4v) is 2.67. The lowest BCUT2D eigenvalue weighted by molar-refractivity contribution is 0.591. The zero-order chi connectivity index (χ0) is 15.1. The van der Waals surface area contributed by atoms with Crippen molar-refractivity contribution in [3.63, 3.8) is 0 Å². The standard InChI is InChI=1S/C17H29ClN2/c1-5-7-10-20(14(4)6-2)17-9-8-16(18)12-15(17)11-13(3)19/h8-9,12-14H,5-7,10-11,19H2,1-4H3. The highest BCUT2D eigenvalue weighted by Gasteiger charge is 2.17. The summed E-state index contributed by atoms with van der Waals surface area (Å²) in [7, 11) is 0. The Hall–Kier alpha value is -0.730. The molecule has 0 aliphatic carbocycles. The predicted octanol–water partition coefficient (Wildman–Crippen LogP) is 4.63. The number of hydrogen-bond donors (Lipinski definition) is 1. The second kappa shape index (κ2) is 8.53. The van der Waals surface area contributed by atoms with Crippen LogP contribution in [0.25, 0.3) is 0 Å². The molecule has 0 saturated heterocycles. The molecule has 0 spiro atoms. The van der Waals surface area contributed by atoms with Crippen LogP contribution in [0.2, 0.25) is 5.02 Å². The molecule has 0 heterocycles. The molecule has 0 fully saturated rings. The van der Waals surface area contributed by atoms with E-state index in [1.165, 1.54) is 24.1 Å². The molecule has 0 aromatic heterocycles. The van der Waals surface area contributed by atoms with Gasteiger partial charge in [-0.2, -0.15) is 0 Å². The molecule has 20 heavy (non-hydrogen) atoms.